The van der Waals surface area contributed by atoms with Crippen LogP contribution in [0.2, 0.25) is 0 Å². The molecule has 0 bridgehead atoms. The smallest absolute Gasteiger partial charge is 0.296 e. The van der Waals surface area contributed by atoms with Crippen LogP contribution in [0.15, 0.2) is 86.2 Å². The first kappa shape index (κ1) is 17.1. The van der Waals surface area contributed by atoms with Crippen molar-refractivity contribution in [2.24, 2.45) is 0 Å². The quantitative estimate of drug-likeness (QED) is 0.265. The first-order chi connectivity index (χ1) is 11.0. The summed E-state index contributed by atoms with van der Waals surface area (Å²) in [6.07, 6.45) is 0. The number of hydrogen-bond acceptors (Lipinski definition) is 0. The maximum atomic E-state index is 16.5. The first-order valence-electron chi connectivity index (χ1n) is 6.97. The molecule has 116 valence electrons. The minimum absolute atomic E-state index is 0.741. The molecule has 3 aromatic rings. The Balaban J connectivity index is 2.21. The van der Waals surface area contributed by atoms with Gasteiger partial charge in [0.25, 0.3) is 0 Å². The fourth-order valence-electron chi connectivity index (χ4n) is 2.54. The Kier molecular flexibility index (Phi) is 5.21. The van der Waals surface area contributed by atoms with Crippen molar-refractivity contribution in [3.8, 4) is 0 Å². The van der Waals surface area contributed by atoms with Crippen molar-refractivity contribution in [1.82, 2.24) is 0 Å². The molecule has 0 nitrogen and oxygen atoms in total. The van der Waals surface area contributed by atoms with E-state index in [0.29, 0.717) is 0 Å². The molecule has 0 amide bonds. The van der Waals surface area contributed by atoms with Gasteiger partial charge in [-0.05, 0) is 52.0 Å². The largest absolute Gasteiger partial charge is 0.339 e. The lowest BCUT2D eigenvalue weighted by molar-refractivity contribution is 0.842. The average molecular weight is 515 g/mol. The van der Waals surface area contributed by atoms with Crippen LogP contribution in [0, 0.1) is 0 Å². The van der Waals surface area contributed by atoms with Crippen LogP contribution in [0.4, 0.5) is 4.11 Å². The van der Waals surface area contributed by atoms with E-state index in [4.69, 9.17) is 0 Å². The minimum atomic E-state index is -3.51. The SMILES string of the molecule is F[Si](c1ccc(Br)cc1)(c1ccc(Br)cc1)c1ccc(Br)cc1. The lowest BCUT2D eigenvalue weighted by Gasteiger charge is -2.24. The second-order valence-corrected chi connectivity index (χ2v) is 11.0. The lowest BCUT2D eigenvalue weighted by Crippen LogP contribution is -2.63. The Morgan fingerprint density at radius 1 is 0.478 bits per heavy atom. The molecule has 0 spiro atoms. The van der Waals surface area contributed by atoms with Gasteiger partial charge in [0.15, 0.2) is 0 Å². The summed E-state index contributed by atoms with van der Waals surface area (Å²) < 4.78 is 19.3. The minimum Gasteiger partial charge on any atom is -0.296 e. The van der Waals surface area contributed by atoms with Crippen LogP contribution in [-0.4, -0.2) is 8.41 Å². The Bertz CT molecular complexity index is 688. The molecule has 0 atom stereocenters. The molecule has 0 heterocycles. The van der Waals surface area contributed by atoms with Crippen LogP contribution in [0.1, 0.15) is 0 Å². The van der Waals surface area contributed by atoms with Crippen LogP contribution < -0.4 is 15.6 Å². The summed E-state index contributed by atoms with van der Waals surface area (Å²) in [6.45, 7) is 0. The summed E-state index contributed by atoms with van der Waals surface area (Å²) >= 11 is 10.3. The van der Waals surface area contributed by atoms with Gasteiger partial charge in [-0.3, -0.25) is 4.11 Å². The van der Waals surface area contributed by atoms with Crippen molar-refractivity contribution in [1.29, 1.82) is 0 Å². The van der Waals surface area contributed by atoms with Crippen molar-refractivity contribution in [2.75, 3.05) is 0 Å². The average Bonchev–Trinajstić information content (AvgIpc) is 2.56. The Morgan fingerprint density at radius 2 is 0.696 bits per heavy atom. The third kappa shape index (κ3) is 3.53. The second kappa shape index (κ2) is 7.01. The summed E-state index contributed by atoms with van der Waals surface area (Å²) in [5, 5.41) is 2.22. The molecule has 0 saturated heterocycles. The van der Waals surface area contributed by atoms with Gasteiger partial charge in [0.05, 0.1) is 0 Å². The van der Waals surface area contributed by atoms with Gasteiger partial charge in [0.2, 0.25) is 0 Å². The monoisotopic (exact) mass is 512 g/mol. The van der Waals surface area contributed by atoms with Gasteiger partial charge in [-0.2, -0.15) is 0 Å². The van der Waals surface area contributed by atoms with Crippen LogP contribution in [-0.2, 0) is 0 Å². The molecule has 23 heavy (non-hydrogen) atoms. The zero-order chi connectivity index (χ0) is 16.4. The molecule has 0 aliphatic heterocycles. The van der Waals surface area contributed by atoms with Crippen LogP contribution in [0.25, 0.3) is 0 Å². The van der Waals surface area contributed by atoms with Crippen LogP contribution in [0.3, 0.4) is 0 Å². The highest BCUT2D eigenvalue weighted by molar-refractivity contribution is 9.11. The van der Waals surface area contributed by atoms with E-state index in [0.717, 1.165) is 29.0 Å². The number of halogens is 4. The molecule has 0 unspecified atom stereocenters. The summed E-state index contributed by atoms with van der Waals surface area (Å²) in [5.41, 5.74) is 0. The molecule has 3 rings (SSSR count). The molecular formula is C18H12Br3FSi. The fourth-order valence-corrected chi connectivity index (χ4v) is 6.21. The summed E-state index contributed by atoms with van der Waals surface area (Å²) in [5.74, 6) is 0. The highest BCUT2D eigenvalue weighted by atomic mass is 79.9. The zero-order valence-electron chi connectivity index (χ0n) is 11.9. The van der Waals surface area contributed by atoms with E-state index in [1.165, 1.54) is 0 Å². The van der Waals surface area contributed by atoms with E-state index in [-0.39, 0.29) is 0 Å². The Hall–Kier alpha value is -0.753. The van der Waals surface area contributed by atoms with E-state index < -0.39 is 8.41 Å². The molecule has 0 saturated carbocycles. The zero-order valence-corrected chi connectivity index (χ0v) is 17.7. The van der Waals surface area contributed by atoms with Gasteiger partial charge < -0.3 is 0 Å². The van der Waals surface area contributed by atoms with Crippen molar-refractivity contribution in [3.63, 3.8) is 0 Å². The van der Waals surface area contributed by atoms with E-state index in [1.807, 2.05) is 72.8 Å². The van der Waals surface area contributed by atoms with Crippen molar-refractivity contribution in [2.45, 2.75) is 0 Å². The van der Waals surface area contributed by atoms with E-state index in [1.54, 1.807) is 0 Å². The molecule has 0 N–H and O–H groups in total. The molecule has 0 aliphatic carbocycles. The van der Waals surface area contributed by atoms with Gasteiger partial charge >= 0.3 is 8.41 Å². The molecular weight excluding hydrogens is 503 g/mol. The van der Waals surface area contributed by atoms with Gasteiger partial charge in [-0.1, -0.05) is 84.2 Å². The van der Waals surface area contributed by atoms with Crippen LogP contribution >= 0.6 is 47.8 Å². The second-order valence-electron chi connectivity index (χ2n) is 5.18. The molecule has 3 aromatic carbocycles. The first-order valence-corrected chi connectivity index (χ1v) is 11.2. The topological polar surface area (TPSA) is 0 Å². The molecule has 0 aromatic heterocycles. The van der Waals surface area contributed by atoms with Gasteiger partial charge in [-0.25, -0.2) is 0 Å². The predicted molar refractivity (Wildman–Crippen MR) is 108 cm³/mol. The van der Waals surface area contributed by atoms with Crippen molar-refractivity contribution in [3.05, 3.63) is 86.2 Å². The van der Waals surface area contributed by atoms with Gasteiger partial charge in [-0.15, -0.1) is 0 Å². The summed E-state index contributed by atoms with van der Waals surface area (Å²) in [6, 6.07) is 22.6. The molecule has 5 heteroatoms. The highest BCUT2D eigenvalue weighted by Gasteiger charge is 2.41. The van der Waals surface area contributed by atoms with Gasteiger partial charge in [0.1, 0.15) is 0 Å². The van der Waals surface area contributed by atoms with Crippen molar-refractivity contribution >= 4 is 71.8 Å². The maximum Gasteiger partial charge on any atom is 0.339 e. The third-order valence-electron chi connectivity index (χ3n) is 3.73. The van der Waals surface area contributed by atoms with Gasteiger partial charge in [0, 0.05) is 13.4 Å². The van der Waals surface area contributed by atoms with Crippen molar-refractivity contribution < 1.29 is 4.11 Å². The maximum absolute atomic E-state index is 16.5. The number of benzene rings is 3. The molecule has 0 radical (unpaired) electrons. The summed E-state index contributed by atoms with van der Waals surface area (Å²) in [4.78, 5) is 0. The third-order valence-corrected chi connectivity index (χ3v) is 8.70. The van der Waals surface area contributed by atoms with E-state index in [9.17, 15) is 0 Å². The van der Waals surface area contributed by atoms with E-state index in [2.05, 4.69) is 47.8 Å². The fraction of sp³-hybridized carbons (Fsp3) is 0. The molecule has 0 aliphatic rings. The summed E-state index contributed by atoms with van der Waals surface area (Å²) in [7, 11) is -3.51. The normalized spacial score (nSPS) is 11.5. The van der Waals surface area contributed by atoms with Crippen LogP contribution in [0.5, 0.6) is 0 Å². The number of hydrogen-bond donors (Lipinski definition) is 0. The number of rotatable bonds is 3. The Labute approximate surface area is 161 Å². The molecule has 0 fully saturated rings. The standard InChI is InChI=1S/C18H12Br3FSi/c19-13-1-7-16(8-2-13)23(22,17-9-3-14(20)4-10-17)18-11-5-15(21)6-12-18/h1-12H. The highest BCUT2D eigenvalue weighted by Crippen LogP contribution is 2.16. The van der Waals surface area contributed by atoms with E-state index >= 15 is 4.11 Å². The predicted octanol–water partition coefficient (Wildman–Crippen LogP) is 4.91. The lowest BCUT2D eigenvalue weighted by atomic mass is 10.3. The Morgan fingerprint density at radius 3 is 0.913 bits per heavy atom.